The molecule has 0 bridgehead atoms. The predicted molar refractivity (Wildman–Crippen MR) is 77.5 cm³/mol. The van der Waals surface area contributed by atoms with E-state index in [0.717, 1.165) is 12.0 Å². The van der Waals surface area contributed by atoms with Gasteiger partial charge in [-0.3, -0.25) is 4.79 Å². The molecule has 0 amide bonds. The first-order chi connectivity index (χ1) is 9.85. The maximum absolute atomic E-state index is 12.1. The number of nitrogens with zero attached hydrogens (tertiary/aromatic N) is 1. The largest absolute Gasteiger partial charge is 0.480 e. The molecule has 1 N–H and O–H groups in total. The van der Waals surface area contributed by atoms with E-state index < -0.39 is 32.4 Å². The molecule has 5 nitrogen and oxygen atoms in total. The number of benzene rings is 1. The number of carboxylic acid groups (broad SMARTS) is 1. The topological polar surface area (TPSA) is 95.2 Å². The second-order valence-electron chi connectivity index (χ2n) is 5.23. The minimum absolute atomic E-state index is 0.169. The van der Waals surface area contributed by atoms with Crippen molar-refractivity contribution in [3.8, 4) is 6.07 Å². The summed E-state index contributed by atoms with van der Waals surface area (Å²) in [5.74, 6) is -2.33. The molecule has 0 unspecified atom stereocenters. The highest BCUT2D eigenvalue weighted by atomic mass is 32.2. The quantitative estimate of drug-likeness (QED) is 0.894. The van der Waals surface area contributed by atoms with Crippen molar-refractivity contribution < 1.29 is 18.3 Å². The SMILES string of the molecule is CCc1ccc([C@@H]2[C@@H](S(=O)(=O)CC)[C@]2(C#N)C(=O)O)cc1. The lowest BCUT2D eigenvalue weighted by Crippen LogP contribution is -2.23. The van der Waals surface area contributed by atoms with Crippen molar-refractivity contribution in [2.45, 2.75) is 31.4 Å². The summed E-state index contributed by atoms with van der Waals surface area (Å²) < 4.78 is 24.3. The molecule has 0 radical (unpaired) electrons. The Morgan fingerprint density at radius 3 is 2.29 bits per heavy atom. The van der Waals surface area contributed by atoms with Gasteiger partial charge >= 0.3 is 5.97 Å². The average Bonchev–Trinajstić information content (AvgIpc) is 3.19. The van der Waals surface area contributed by atoms with Crippen LogP contribution in [0.1, 0.15) is 30.9 Å². The first kappa shape index (κ1) is 15.5. The zero-order chi connectivity index (χ0) is 15.8. The third kappa shape index (κ3) is 2.22. The van der Waals surface area contributed by atoms with Gasteiger partial charge in [-0.2, -0.15) is 5.26 Å². The highest BCUT2D eigenvalue weighted by Crippen LogP contribution is 2.63. The molecule has 1 aromatic carbocycles. The van der Waals surface area contributed by atoms with Crippen LogP contribution in [-0.2, 0) is 21.1 Å². The maximum Gasteiger partial charge on any atom is 0.326 e. The van der Waals surface area contributed by atoms with Crippen LogP contribution >= 0.6 is 0 Å². The van der Waals surface area contributed by atoms with Gasteiger partial charge in [0.15, 0.2) is 15.3 Å². The Balaban J connectivity index is 2.50. The van der Waals surface area contributed by atoms with Crippen LogP contribution in [0.25, 0.3) is 0 Å². The van der Waals surface area contributed by atoms with Crippen LogP contribution in [0, 0.1) is 16.7 Å². The van der Waals surface area contributed by atoms with Gasteiger partial charge in [0.05, 0.1) is 6.07 Å². The molecule has 0 heterocycles. The van der Waals surface area contributed by atoms with Crippen LogP contribution < -0.4 is 0 Å². The molecule has 0 spiro atoms. The van der Waals surface area contributed by atoms with Gasteiger partial charge < -0.3 is 5.11 Å². The Morgan fingerprint density at radius 1 is 1.33 bits per heavy atom. The molecule has 6 heteroatoms. The van der Waals surface area contributed by atoms with Crippen molar-refractivity contribution in [2.24, 2.45) is 5.41 Å². The van der Waals surface area contributed by atoms with E-state index in [4.69, 9.17) is 0 Å². The number of carboxylic acids is 1. The van der Waals surface area contributed by atoms with Gasteiger partial charge in [-0.05, 0) is 17.5 Å². The summed E-state index contributed by atoms with van der Waals surface area (Å²) in [6.45, 7) is 3.46. The number of aliphatic carboxylic acids is 1. The summed E-state index contributed by atoms with van der Waals surface area (Å²) in [7, 11) is -3.61. The van der Waals surface area contributed by atoms with Gasteiger partial charge in [0, 0.05) is 11.7 Å². The fourth-order valence-electron chi connectivity index (χ4n) is 2.86. The van der Waals surface area contributed by atoms with Gasteiger partial charge in [-0.25, -0.2) is 8.42 Å². The molecular formula is C15H17NO4S. The number of carbonyl (C=O) groups is 1. The van der Waals surface area contributed by atoms with Crippen molar-refractivity contribution in [1.29, 1.82) is 5.26 Å². The number of hydrogen-bond donors (Lipinski definition) is 1. The Bertz CT molecular complexity index is 702. The summed E-state index contributed by atoms with van der Waals surface area (Å²) in [5, 5.41) is 17.5. The van der Waals surface area contributed by atoms with E-state index in [0.29, 0.717) is 5.56 Å². The van der Waals surface area contributed by atoms with Gasteiger partial charge in [-0.15, -0.1) is 0 Å². The van der Waals surface area contributed by atoms with Gasteiger partial charge in [0.25, 0.3) is 0 Å². The Labute approximate surface area is 124 Å². The predicted octanol–water partition coefficient (Wildman–Crippen LogP) is 1.74. The third-order valence-corrected chi connectivity index (χ3v) is 6.43. The molecule has 1 aromatic rings. The molecule has 3 atom stereocenters. The Hall–Kier alpha value is -1.87. The maximum atomic E-state index is 12.1. The van der Waals surface area contributed by atoms with Gasteiger partial charge in [0.1, 0.15) is 5.25 Å². The number of rotatable bonds is 5. The van der Waals surface area contributed by atoms with Crippen molar-refractivity contribution in [3.05, 3.63) is 35.4 Å². The first-order valence-electron chi connectivity index (χ1n) is 6.80. The molecular weight excluding hydrogens is 290 g/mol. The van der Waals surface area contributed by atoms with Crippen molar-refractivity contribution in [1.82, 2.24) is 0 Å². The van der Waals surface area contributed by atoms with E-state index in [9.17, 15) is 23.6 Å². The number of nitriles is 1. The van der Waals surface area contributed by atoms with Crippen LogP contribution in [0.5, 0.6) is 0 Å². The molecule has 1 aliphatic rings. The van der Waals surface area contributed by atoms with Gasteiger partial charge in [-0.1, -0.05) is 38.1 Å². The zero-order valence-electron chi connectivity index (χ0n) is 11.9. The average molecular weight is 307 g/mol. The molecule has 1 fully saturated rings. The smallest absolute Gasteiger partial charge is 0.326 e. The lowest BCUT2D eigenvalue weighted by molar-refractivity contribution is -0.141. The van der Waals surface area contributed by atoms with E-state index in [1.807, 2.05) is 19.1 Å². The fourth-order valence-corrected chi connectivity index (χ4v) is 4.79. The third-order valence-electron chi connectivity index (χ3n) is 4.21. The van der Waals surface area contributed by atoms with Gasteiger partial charge in [0.2, 0.25) is 0 Å². The Kier molecular flexibility index (Phi) is 3.81. The minimum atomic E-state index is -3.61. The van der Waals surface area contributed by atoms with Crippen molar-refractivity contribution in [2.75, 3.05) is 5.75 Å². The normalized spacial score (nSPS) is 27.9. The summed E-state index contributed by atoms with van der Waals surface area (Å²) >= 11 is 0. The number of sulfone groups is 1. The monoisotopic (exact) mass is 307 g/mol. The van der Waals surface area contributed by atoms with Crippen molar-refractivity contribution in [3.63, 3.8) is 0 Å². The fraction of sp³-hybridized carbons (Fsp3) is 0.467. The van der Waals surface area contributed by atoms with E-state index >= 15 is 0 Å². The summed E-state index contributed by atoms with van der Waals surface area (Å²) in [6.07, 6.45) is 0.837. The summed E-state index contributed by atoms with van der Waals surface area (Å²) in [6, 6.07) is 8.87. The number of aryl methyl sites for hydroxylation is 1. The van der Waals surface area contributed by atoms with Crippen LogP contribution in [0.2, 0.25) is 0 Å². The molecule has 2 rings (SSSR count). The first-order valence-corrected chi connectivity index (χ1v) is 8.51. The number of hydrogen-bond acceptors (Lipinski definition) is 4. The van der Waals surface area contributed by atoms with Crippen LogP contribution in [0.4, 0.5) is 0 Å². The standard InChI is InChI=1S/C15H17NO4S/c1-3-10-5-7-11(8-6-10)12-13(21(19,20)4-2)15(12,9-16)14(17)18/h5-8,12-13H,3-4H2,1-2H3,(H,17,18)/t12-,13-,15-/m1/s1. The molecule has 112 valence electrons. The molecule has 0 saturated heterocycles. The van der Waals surface area contributed by atoms with Crippen LogP contribution in [0.15, 0.2) is 24.3 Å². The lowest BCUT2D eigenvalue weighted by atomic mass is 9.99. The zero-order valence-corrected chi connectivity index (χ0v) is 12.7. The second-order valence-corrected chi connectivity index (χ2v) is 7.64. The second kappa shape index (κ2) is 5.15. The van der Waals surface area contributed by atoms with Crippen LogP contribution in [-0.4, -0.2) is 30.5 Å². The summed E-state index contributed by atoms with van der Waals surface area (Å²) in [5.41, 5.74) is -0.187. The summed E-state index contributed by atoms with van der Waals surface area (Å²) in [4.78, 5) is 11.5. The van der Waals surface area contributed by atoms with E-state index in [-0.39, 0.29) is 5.75 Å². The van der Waals surface area contributed by atoms with E-state index in [2.05, 4.69) is 0 Å². The van der Waals surface area contributed by atoms with Crippen molar-refractivity contribution >= 4 is 15.8 Å². The highest BCUT2D eigenvalue weighted by Gasteiger charge is 2.76. The van der Waals surface area contributed by atoms with Crippen LogP contribution in [0.3, 0.4) is 0 Å². The van der Waals surface area contributed by atoms with E-state index in [1.54, 1.807) is 18.2 Å². The molecule has 1 saturated carbocycles. The molecule has 0 aliphatic heterocycles. The lowest BCUT2D eigenvalue weighted by Gasteiger charge is -2.03. The van der Waals surface area contributed by atoms with E-state index in [1.165, 1.54) is 6.92 Å². The molecule has 21 heavy (non-hydrogen) atoms. The Morgan fingerprint density at radius 2 is 1.90 bits per heavy atom. The molecule has 0 aromatic heterocycles. The molecule has 1 aliphatic carbocycles. The highest BCUT2D eigenvalue weighted by molar-refractivity contribution is 7.92. The minimum Gasteiger partial charge on any atom is -0.480 e.